The fourth-order valence-electron chi connectivity index (χ4n) is 2.23. The van der Waals surface area contributed by atoms with Gasteiger partial charge in [0.05, 0.1) is 16.8 Å². The summed E-state index contributed by atoms with van der Waals surface area (Å²) in [6.45, 7) is 0. The van der Waals surface area contributed by atoms with E-state index >= 15 is 0 Å². The number of nitrogens with one attached hydrogen (secondary N) is 2. The number of aromatic nitrogens is 1. The summed E-state index contributed by atoms with van der Waals surface area (Å²) in [5.74, 6) is -0.682. The molecule has 0 saturated heterocycles. The molecule has 0 atom stereocenters. The highest BCUT2D eigenvalue weighted by molar-refractivity contribution is 6.34. The second-order valence-corrected chi connectivity index (χ2v) is 5.90. The molecule has 1 aromatic heterocycles. The first-order valence-electron chi connectivity index (χ1n) is 8.03. The summed E-state index contributed by atoms with van der Waals surface area (Å²) < 4.78 is 0. The molecule has 0 aliphatic heterocycles. The lowest BCUT2D eigenvalue weighted by molar-refractivity contribution is 0.0954. The number of anilines is 1. The van der Waals surface area contributed by atoms with Crippen LogP contribution in [0.1, 0.15) is 26.3 Å². The van der Waals surface area contributed by atoms with Gasteiger partial charge in [-0.3, -0.25) is 14.6 Å². The maximum absolute atomic E-state index is 12.2. The van der Waals surface area contributed by atoms with Crippen molar-refractivity contribution in [2.45, 2.75) is 0 Å². The van der Waals surface area contributed by atoms with Gasteiger partial charge in [-0.2, -0.15) is 5.10 Å². The number of benzene rings is 2. The summed E-state index contributed by atoms with van der Waals surface area (Å²) in [7, 11) is 0. The van der Waals surface area contributed by atoms with E-state index in [0.29, 0.717) is 21.8 Å². The first-order chi connectivity index (χ1) is 13.1. The van der Waals surface area contributed by atoms with Gasteiger partial charge in [-0.1, -0.05) is 29.8 Å². The molecule has 3 aromatic rings. The Morgan fingerprint density at radius 2 is 1.74 bits per heavy atom. The van der Waals surface area contributed by atoms with Crippen LogP contribution in [0.15, 0.2) is 78.2 Å². The van der Waals surface area contributed by atoms with E-state index in [1.54, 1.807) is 67.0 Å². The number of pyridine rings is 1. The number of hydrogen-bond donors (Lipinski definition) is 2. The van der Waals surface area contributed by atoms with E-state index in [-0.39, 0.29) is 11.8 Å². The molecular weight excluding hydrogens is 364 g/mol. The molecule has 0 aliphatic rings. The molecule has 134 valence electrons. The van der Waals surface area contributed by atoms with Crippen LogP contribution in [0.2, 0.25) is 5.02 Å². The predicted octanol–water partition coefficient (Wildman–Crippen LogP) is 3.75. The quantitative estimate of drug-likeness (QED) is 0.524. The summed E-state index contributed by atoms with van der Waals surface area (Å²) in [4.78, 5) is 28.3. The third kappa shape index (κ3) is 4.99. The Balaban J connectivity index is 1.59. The van der Waals surface area contributed by atoms with E-state index in [4.69, 9.17) is 11.6 Å². The highest BCUT2D eigenvalue weighted by Gasteiger charge is 2.10. The van der Waals surface area contributed by atoms with Crippen LogP contribution >= 0.6 is 11.6 Å². The van der Waals surface area contributed by atoms with Crippen molar-refractivity contribution >= 4 is 35.3 Å². The molecule has 2 aromatic carbocycles. The van der Waals surface area contributed by atoms with Gasteiger partial charge in [0.15, 0.2) is 0 Å². The number of hydrogen-bond acceptors (Lipinski definition) is 4. The zero-order valence-electron chi connectivity index (χ0n) is 14.1. The average Bonchev–Trinajstić information content (AvgIpc) is 2.69. The fourth-order valence-corrected chi connectivity index (χ4v) is 2.45. The van der Waals surface area contributed by atoms with Gasteiger partial charge in [-0.25, -0.2) is 5.43 Å². The molecule has 6 nitrogen and oxygen atoms in total. The van der Waals surface area contributed by atoms with Crippen LogP contribution in [0.5, 0.6) is 0 Å². The molecule has 27 heavy (non-hydrogen) atoms. The van der Waals surface area contributed by atoms with Crippen molar-refractivity contribution in [3.63, 3.8) is 0 Å². The van der Waals surface area contributed by atoms with Crippen LogP contribution in [0.3, 0.4) is 0 Å². The molecule has 0 fully saturated rings. The zero-order chi connectivity index (χ0) is 19.1. The van der Waals surface area contributed by atoms with Crippen LogP contribution in [0, 0.1) is 0 Å². The number of halogens is 1. The van der Waals surface area contributed by atoms with Crippen molar-refractivity contribution in [1.29, 1.82) is 0 Å². The van der Waals surface area contributed by atoms with Crippen LogP contribution < -0.4 is 10.7 Å². The Bertz CT molecular complexity index is 973. The van der Waals surface area contributed by atoms with E-state index in [9.17, 15) is 9.59 Å². The van der Waals surface area contributed by atoms with Crippen molar-refractivity contribution in [3.05, 3.63) is 94.8 Å². The minimum atomic E-state index is -0.362. The zero-order valence-corrected chi connectivity index (χ0v) is 14.9. The summed E-state index contributed by atoms with van der Waals surface area (Å²) in [6.07, 6.45) is 4.79. The minimum Gasteiger partial charge on any atom is -0.322 e. The largest absolute Gasteiger partial charge is 0.322 e. The molecule has 3 rings (SSSR count). The van der Waals surface area contributed by atoms with Crippen LogP contribution in [0.25, 0.3) is 0 Å². The maximum Gasteiger partial charge on any atom is 0.271 e. The molecule has 2 N–H and O–H groups in total. The standard InChI is InChI=1S/C20H15ClN4O2/c21-18-6-2-1-5-17(18)20(27)24-16-9-7-15(8-10-16)19(26)25-23-13-14-4-3-11-22-12-14/h1-13H,(H,24,27)(H,25,26)/b23-13-. The number of carbonyl (C=O) groups excluding carboxylic acids is 2. The smallest absolute Gasteiger partial charge is 0.271 e. The summed E-state index contributed by atoms with van der Waals surface area (Å²) in [6, 6.07) is 16.8. The third-order valence-corrected chi connectivity index (χ3v) is 3.92. The number of carbonyl (C=O) groups is 2. The summed E-state index contributed by atoms with van der Waals surface area (Å²) >= 11 is 6.01. The number of rotatable bonds is 5. The van der Waals surface area contributed by atoms with Gasteiger partial charge in [0, 0.05) is 29.2 Å². The van der Waals surface area contributed by atoms with Crippen molar-refractivity contribution in [3.8, 4) is 0 Å². The van der Waals surface area contributed by atoms with Gasteiger partial charge in [0.2, 0.25) is 0 Å². The SMILES string of the molecule is O=C(N/N=C\c1cccnc1)c1ccc(NC(=O)c2ccccc2Cl)cc1. The maximum atomic E-state index is 12.2. The highest BCUT2D eigenvalue weighted by Crippen LogP contribution is 2.17. The molecule has 0 bridgehead atoms. The number of hydrazone groups is 1. The lowest BCUT2D eigenvalue weighted by atomic mass is 10.1. The topological polar surface area (TPSA) is 83.4 Å². The second kappa shape index (κ2) is 8.73. The van der Waals surface area contributed by atoms with Crippen LogP contribution in [-0.2, 0) is 0 Å². The Hall–Kier alpha value is -3.51. The first-order valence-corrected chi connectivity index (χ1v) is 8.40. The van der Waals surface area contributed by atoms with Crippen molar-refractivity contribution in [1.82, 2.24) is 10.4 Å². The van der Waals surface area contributed by atoms with Gasteiger partial charge in [0.25, 0.3) is 11.8 Å². The average molecular weight is 379 g/mol. The third-order valence-electron chi connectivity index (χ3n) is 3.59. The van der Waals surface area contributed by atoms with Crippen LogP contribution in [-0.4, -0.2) is 23.0 Å². The van der Waals surface area contributed by atoms with Crippen molar-refractivity contribution < 1.29 is 9.59 Å². The molecule has 0 aliphatic carbocycles. The van der Waals surface area contributed by atoms with Gasteiger partial charge in [-0.05, 0) is 42.5 Å². The molecule has 0 unspecified atom stereocenters. The van der Waals surface area contributed by atoms with E-state index < -0.39 is 0 Å². The molecule has 0 saturated carbocycles. The van der Waals surface area contributed by atoms with Crippen molar-refractivity contribution in [2.75, 3.05) is 5.32 Å². The normalized spacial score (nSPS) is 10.6. The Morgan fingerprint density at radius 3 is 2.44 bits per heavy atom. The van der Waals surface area contributed by atoms with E-state index in [2.05, 4.69) is 20.8 Å². The Morgan fingerprint density at radius 1 is 0.963 bits per heavy atom. The van der Waals surface area contributed by atoms with Crippen LogP contribution in [0.4, 0.5) is 5.69 Å². The van der Waals surface area contributed by atoms with E-state index in [1.807, 2.05) is 6.07 Å². The summed E-state index contributed by atoms with van der Waals surface area (Å²) in [5.41, 5.74) is 4.56. The van der Waals surface area contributed by atoms with Gasteiger partial charge in [-0.15, -0.1) is 0 Å². The van der Waals surface area contributed by atoms with Gasteiger partial charge >= 0.3 is 0 Å². The molecule has 2 amide bonds. The Kier molecular flexibility index (Phi) is 5.91. The van der Waals surface area contributed by atoms with Gasteiger partial charge < -0.3 is 5.32 Å². The molecule has 0 spiro atoms. The molecule has 7 heteroatoms. The minimum absolute atomic E-state index is 0.320. The Labute approximate surface area is 160 Å². The summed E-state index contributed by atoms with van der Waals surface area (Å²) in [5, 5.41) is 7.00. The monoisotopic (exact) mass is 378 g/mol. The number of nitrogens with zero attached hydrogens (tertiary/aromatic N) is 2. The highest BCUT2D eigenvalue weighted by atomic mass is 35.5. The second-order valence-electron chi connectivity index (χ2n) is 5.50. The lowest BCUT2D eigenvalue weighted by Crippen LogP contribution is -2.18. The molecule has 1 heterocycles. The fraction of sp³-hybridized carbons (Fsp3) is 0. The first kappa shape index (κ1) is 18.3. The van der Waals surface area contributed by atoms with E-state index in [0.717, 1.165) is 5.56 Å². The molecular formula is C20H15ClN4O2. The number of amides is 2. The lowest BCUT2D eigenvalue weighted by Gasteiger charge is -2.07. The molecule has 0 radical (unpaired) electrons. The van der Waals surface area contributed by atoms with Gasteiger partial charge in [0.1, 0.15) is 0 Å². The van der Waals surface area contributed by atoms with Crippen molar-refractivity contribution in [2.24, 2.45) is 5.10 Å². The van der Waals surface area contributed by atoms with E-state index in [1.165, 1.54) is 6.21 Å². The predicted molar refractivity (Wildman–Crippen MR) is 105 cm³/mol.